The average Bonchev–Trinajstić information content (AvgIpc) is 3.11. The molecule has 1 aromatic carbocycles. The van der Waals surface area contributed by atoms with Crippen LogP contribution in [0.1, 0.15) is 43.2 Å². The molecule has 0 aromatic heterocycles. The van der Waals surface area contributed by atoms with Crippen molar-refractivity contribution in [3.8, 4) is 0 Å². The van der Waals surface area contributed by atoms with Crippen LogP contribution >= 0.6 is 12.4 Å². The number of aryl methyl sites for hydroxylation is 1. The van der Waals surface area contributed by atoms with Crippen LogP contribution in [-0.4, -0.2) is 50.1 Å². The number of nitrogens with zero attached hydrogens (tertiary/aromatic N) is 1. The van der Waals surface area contributed by atoms with Gasteiger partial charge in [-0.05, 0) is 38.3 Å². The van der Waals surface area contributed by atoms with E-state index in [9.17, 15) is 4.79 Å². The summed E-state index contributed by atoms with van der Waals surface area (Å²) in [5.74, 6) is 0.242. The van der Waals surface area contributed by atoms with Gasteiger partial charge in [0.05, 0.1) is 5.41 Å². The zero-order valence-electron chi connectivity index (χ0n) is 15.4. The van der Waals surface area contributed by atoms with Crippen molar-refractivity contribution in [2.75, 3.05) is 39.3 Å². The zero-order chi connectivity index (χ0) is 16.8. The minimum absolute atomic E-state index is 0. The molecule has 0 atom stereocenters. The predicted octanol–water partition coefficient (Wildman–Crippen LogP) is 2.64. The molecule has 4 nitrogen and oxygen atoms in total. The summed E-state index contributed by atoms with van der Waals surface area (Å²) in [5, 5.41) is 6.62. The highest BCUT2D eigenvalue weighted by atomic mass is 35.5. The molecule has 1 amide bonds. The molecule has 1 heterocycles. The molecule has 25 heavy (non-hydrogen) atoms. The van der Waals surface area contributed by atoms with Gasteiger partial charge < -0.3 is 15.5 Å². The first-order chi connectivity index (χ1) is 11.7. The molecule has 0 radical (unpaired) electrons. The first kappa shape index (κ1) is 20.2. The number of nitrogens with one attached hydrogen (secondary N) is 2. The summed E-state index contributed by atoms with van der Waals surface area (Å²) in [6.45, 7) is 8.40. The van der Waals surface area contributed by atoms with Gasteiger partial charge in [-0.1, -0.05) is 42.7 Å². The topological polar surface area (TPSA) is 44.4 Å². The fraction of sp³-hybridized carbons (Fsp3) is 0.650. The van der Waals surface area contributed by atoms with E-state index in [2.05, 4.69) is 46.7 Å². The van der Waals surface area contributed by atoms with E-state index in [1.54, 1.807) is 0 Å². The van der Waals surface area contributed by atoms with Crippen molar-refractivity contribution >= 4 is 18.3 Å². The minimum atomic E-state index is -0.291. The van der Waals surface area contributed by atoms with E-state index in [4.69, 9.17) is 0 Å². The Bertz CT molecular complexity index is 552. The highest BCUT2D eigenvalue weighted by Gasteiger charge is 2.42. The standard InChI is InChI=1S/C20H31N3O.ClH/c1-17-6-4-7-18(16-17)20(8-2-3-9-20)19(24)22-10-5-13-23-14-11-21-12-15-23;/h4,6-7,16,21H,2-3,5,8-15H2,1H3,(H,22,24);1H. The van der Waals surface area contributed by atoms with Crippen molar-refractivity contribution in [2.24, 2.45) is 0 Å². The van der Waals surface area contributed by atoms with E-state index >= 15 is 0 Å². The van der Waals surface area contributed by atoms with E-state index in [0.29, 0.717) is 0 Å². The molecule has 0 spiro atoms. The number of carbonyl (C=O) groups is 1. The Labute approximate surface area is 158 Å². The summed E-state index contributed by atoms with van der Waals surface area (Å²) in [6, 6.07) is 8.53. The number of halogens is 1. The first-order valence-corrected chi connectivity index (χ1v) is 9.49. The fourth-order valence-corrected chi connectivity index (χ4v) is 4.18. The van der Waals surface area contributed by atoms with Crippen LogP contribution in [-0.2, 0) is 10.2 Å². The summed E-state index contributed by atoms with van der Waals surface area (Å²) in [5.41, 5.74) is 2.16. The van der Waals surface area contributed by atoms with Gasteiger partial charge in [-0.2, -0.15) is 0 Å². The second kappa shape index (κ2) is 9.56. The molecule has 2 N–H and O–H groups in total. The average molecular weight is 366 g/mol. The van der Waals surface area contributed by atoms with Crippen LogP contribution in [0.15, 0.2) is 24.3 Å². The molecule has 1 aliphatic carbocycles. The van der Waals surface area contributed by atoms with E-state index in [0.717, 1.165) is 71.4 Å². The molecule has 5 heteroatoms. The Morgan fingerprint density at radius 3 is 2.64 bits per heavy atom. The third-order valence-corrected chi connectivity index (χ3v) is 5.61. The second-order valence-corrected chi connectivity index (χ2v) is 7.36. The maximum Gasteiger partial charge on any atom is 0.230 e. The summed E-state index contributed by atoms with van der Waals surface area (Å²) >= 11 is 0. The summed E-state index contributed by atoms with van der Waals surface area (Å²) in [7, 11) is 0. The molecular formula is C20H32ClN3O. The molecule has 140 valence electrons. The Morgan fingerprint density at radius 1 is 1.24 bits per heavy atom. The first-order valence-electron chi connectivity index (χ1n) is 9.49. The Hall–Kier alpha value is -1.10. The number of carbonyl (C=O) groups excluding carboxylic acids is 1. The van der Waals surface area contributed by atoms with Crippen molar-refractivity contribution in [3.63, 3.8) is 0 Å². The van der Waals surface area contributed by atoms with Gasteiger partial charge in [0.25, 0.3) is 0 Å². The van der Waals surface area contributed by atoms with E-state index < -0.39 is 0 Å². The monoisotopic (exact) mass is 365 g/mol. The van der Waals surface area contributed by atoms with Gasteiger partial charge in [0, 0.05) is 32.7 Å². The van der Waals surface area contributed by atoms with E-state index in [1.807, 2.05) is 0 Å². The molecule has 0 unspecified atom stereocenters. The van der Waals surface area contributed by atoms with Crippen LogP contribution in [0, 0.1) is 6.92 Å². The van der Waals surface area contributed by atoms with Crippen molar-refractivity contribution < 1.29 is 4.79 Å². The number of hydrogen-bond acceptors (Lipinski definition) is 3. The third-order valence-electron chi connectivity index (χ3n) is 5.61. The molecule has 1 saturated heterocycles. The van der Waals surface area contributed by atoms with Gasteiger partial charge in [0.1, 0.15) is 0 Å². The lowest BCUT2D eigenvalue weighted by atomic mass is 9.77. The number of rotatable bonds is 6. The minimum Gasteiger partial charge on any atom is -0.355 e. The fourth-order valence-electron chi connectivity index (χ4n) is 4.18. The molecule has 2 aliphatic rings. The summed E-state index contributed by atoms with van der Waals surface area (Å²) < 4.78 is 0. The predicted molar refractivity (Wildman–Crippen MR) is 106 cm³/mol. The van der Waals surface area contributed by atoms with Crippen LogP contribution in [0.5, 0.6) is 0 Å². The van der Waals surface area contributed by atoms with Crippen molar-refractivity contribution in [1.29, 1.82) is 0 Å². The lowest BCUT2D eigenvalue weighted by molar-refractivity contribution is -0.126. The third kappa shape index (κ3) is 4.96. The molecular weight excluding hydrogens is 334 g/mol. The van der Waals surface area contributed by atoms with Gasteiger partial charge in [-0.3, -0.25) is 4.79 Å². The van der Waals surface area contributed by atoms with Crippen LogP contribution in [0.3, 0.4) is 0 Å². The lowest BCUT2D eigenvalue weighted by Gasteiger charge is -2.29. The smallest absolute Gasteiger partial charge is 0.230 e. The van der Waals surface area contributed by atoms with Crippen LogP contribution in [0.25, 0.3) is 0 Å². The van der Waals surface area contributed by atoms with E-state index in [1.165, 1.54) is 11.1 Å². The van der Waals surface area contributed by atoms with E-state index in [-0.39, 0.29) is 23.7 Å². The lowest BCUT2D eigenvalue weighted by Crippen LogP contribution is -2.45. The van der Waals surface area contributed by atoms with Crippen molar-refractivity contribution in [3.05, 3.63) is 35.4 Å². The highest BCUT2D eigenvalue weighted by molar-refractivity contribution is 5.88. The van der Waals surface area contributed by atoms with Gasteiger partial charge in [-0.15, -0.1) is 12.4 Å². The number of benzene rings is 1. The van der Waals surface area contributed by atoms with Crippen LogP contribution in [0.2, 0.25) is 0 Å². The number of hydrogen-bond donors (Lipinski definition) is 2. The van der Waals surface area contributed by atoms with Crippen LogP contribution < -0.4 is 10.6 Å². The molecule has 1 saturated carbocycles. The normalized spacial score (nSPS) is 20.0. The highest BCUT2D eigenvalue weighted by Crippen LogP contribution is 2.41. The SMILES string of the molecule is Cc1cccc(C2(C(=O)NCCCN3CCNCC3)CCCC2)c1.Cl. The summed E-state index contributed by atoms with van der Waals surface area (Å²) in [6.07, 6.45) is 5.32. The van der Waals surface area contributed by atoms with Gasteiger partial charge in [0.15, 0.2) is 0 Å². The number of amides is 1. The largest absolute Gasteiger partial charge is 0.355 e. The van der Waals surface area contributed by atoms with Crippen LogP contribution in [0.4, 0.5) is 0 Å². The Morgan fingerprint density at radius 2 is 1.96 bits per heavy atom. The van der Waals surface area contributed by atoms with Crippen molar-refractivity contribution in [2.45, 2.75) is 44.4 Å². The maximum atomic E-state index is 13.0. The van der Waals surface area contributed by atoms with Crippen molar-refractivity contribution in [1.82, 2.24) is 15.5 Å². The van der Waals surface area contributed by atoms with Gasteiger partial charge in [0.2, 0.25) is 5.91 Å². The maximum absolute atomic E-state index is 13.0. The molecule has 0 bridgehead atoms. The molecule has 1 aromatic rings. The molecule has 1 aliphatic heterocycles. The summed E-state index contributed by atoms with van der Waals surface area (Å²) in [4.78, 5) is 15.5. The molecule has 3 rings (SSSR count). The van der Waals surface area contributed by atoms with Gasteiger partial charge in [-0.25, -0.2) is 0 Å². The second-order valence-electron chi connectivity index (χ2n) is 7.36. The Balaban J connectivity index is 0.00000225. The molecule has 2 fully saturated rings. The Kier molecular flexibility index (Phi) is 7.73. The number of piperazine rings is 1. The zero-order valence-corrected chi connectivity index (χ0v) is 16.2. The van der Waals surface area contributed by atoms with Gasteiger partial charge >= 0.3 is 0 Å². The quantitative estimate of drug-likeness (QED) is 0.762.